The lowest BCUT2D eigenvalue weighted by Crippen LogP contribution is -2.63. The van der Waals surface area contributed by atoms with Crippen LogP contribution < -0.4 is 0 Å². The Morgan fingerprint density at radius 2 is 1.95 bits per heavy atom. The van der Waals surface area contributed by atoms with E-state index >= 15 is 0 Å². The molecule has 0 aromatic heterocycles. The number of carbonyl (C=O) groups excluding carboxylic acids is 3. The lowest BCUT2D eigenvalue weighted by molar-refractivity contribution is -0.758. The molecule has 6 unspecified atom stereocenters. The maximum absolute atomic E-state index is 14.4. The average Bonchev–Trinajstić information content (AvgIpc) is 3.48. The van der Waals surface area contributed by atoms with Crippen molar-refractivity contribution in [3.8, 4) is 0 Å². The van der Waals surface area contributed by atoms with Crippen molar-refractivity contribution in [2.45, 2.75) is 103 Å². The third kappa shape index (κ3) is 4.77. The zero-order valence-corrected chi connectivity index (χ0v) is 25.2. The van der Waals surface area contributed by atoms with Crippen LogP contribution in [-0.4, -0.2) is 65.0 Å². The lowest BCUT2D eigenvalue weighted by Gasteiger charge is -2.59. The number of ether oxygens (including phenoxy) is 3. The molecule has 6 aliphatic rings. The van der Waals surface area contributed by atoms with Gasteiger partial charge >= 0.3 is 5.97 Å². The highest BCUT2D eigenvalue weighted by atomic mass is 16.9. The maximum Gasteiger partial charge on any atom is 0.311 e. The molecule has 5 aliphatic carbocycles. The molecule has 0 spiro atoms. The Hall–Kier alpha value is -2.63. The summed E-state index contributed by atoms with van der Waals surface area (Å²) in [4.78, 5) is 54.1. The molecule has 1 heterocycles. The fraction of sp³-hybridized carbons (Fsp3) is 0.781. The van der Waals surface area contributed by atoms with Crippen LogP contribution in [0, 0.1) is 50.5 Å². The maximum atomic E-state index is 14.4. The highest BCUT2D eigenvalue weighted by molar-refractivity contribution is 6.01. The van der Waals surface area contributed by atoms with Crippen LogP contribution >= 0.6 is 0 Å². The van der Waals surface area contributed by atoms with Gasteiger partial charge in [-0.2, -0.15) is 0 Å². The summed E-state index contributed by atoms with van der Waals surface area (Å²) >= 11 is 0. The van der Waals surface area contributed by atoms with Crippen LogP contribution in [0.3, 0.4) is 0 Å². The van der Waals surface area contributed by atoms with Crippen LogP contribution in [0.25, 0.3) is 0 Å². The van der Waals surface area contributed by atoms with Gasteiger partial charge in [0.1, 0.15) is 6.61 Å². The van der Waals surface area contributed by atoms with Crippen molar-refractivity contribution in [2.75, 3.05) is 13.2 Å². The monoisotopic (exact) mass is 601 g/mol. The van der Waals surface area contributed by atoms with Gasteiger partial charge in [-0.15, -0.1) is 10.1 Å². The second kappa shape index (κ2) is 11.1. The van der Waals surface area contributed by atoms with E-state index in [0.717, 1.165) is 50.5 Å². The molecule has 11 heteroatoms. The van der Waals surface area contributed by atoms with Crippen LogP contribution in [0.5, 0.6) is 0 Å². The Labute approximate surface area is 251 Å². The normalized spacial score (nSPS) is 42.6. The number of ketones is 2. The fourth-order valence-electron chi connectivity index (χ4n) is 9.84. The number of Topliss-reactive ketones (excluding diaryl/α,β-unsaturated/α-hetero) is 1. The first-order valence-corrected chi connectivity index (χ1v) is 15.8. The van der Waals surface area contributed by atoms with Crippen molar-refractivity contribution in [3.05, 3.63) is 33.9 Å². The Balaban J connectivity index is 1.29. The number of hydrogen-bond donors (Lipinski definition) is 1. The van der Waals surface area contributed by atoms with Crippen LogP contribution in [0.2, 0.25) is 0 Å². The first-order valence-electron chi connectivity index (χ1n) is 15.8. The topological polar surface area (TPSA) is 152 Å². The minimum atomic E-state index is -1.40. The minimum Gasteiger partial charge on any atom is -0.457 e. The van der Waals surface area contributed by atoms with Crippen LogP contribution in [0.4, 0.5) is 0 Å². The SMILES string of the molecule is CC(CO[N+](=O)[O-])C(=O)OCC(=O)[C@@]12OC(C3CCCCC3)OC1CC1C3CCC4=CC(=O)C=C[C@]4(C)C3[C@@H](O)C[C@@]12C. The smallest absolute Gasteiger partial charge is 0.311 e. The summed E-state index contributed by atoms with van der Waals surface area (Å²) < 4.78 is 18.9. The molecule has 0 bridgehead atoms. The fourth-order valence-corrected chi connectivity index (χ4v) is 9.84. The predicted molar refractivity (Wildman–Crippen MR) is 151 cm³/mol. The number of carbonyl (C=O) groups is 3. The molecule has 0 aromatic rings. The first-order chi connectivity index (χ1) is 20.4. The van der Waals surface area contributed by atoms with E-state index in [9.17, 15) is 29.6 Å². The van der Waals surface area contributed by atoms with E-state index in [0.29, 0.717) is 12.8 Å². The van der Waals surface area contributed by atoms with Gasteiger partial charge in [0, 0.05) is 22.7 Å². The molecule has 5 fully saturated rings. The minimum absolute atomic E-state index is 0.00896. The summed E-state index contributed by atoms with van der Waals surface area (Å²) in [5.41, 5.74) is -1.57. The summed E-state index contributed by atoms with van der Waals surface area (Å²) in [7, 11) is 0. The molecule has 1 saturated heterocycles. The van der Waals surface area contributed by atoms with Crippen LogP contribution in [-0.2, 0) is 33.4 Å². The van der Waals surface area contributed by atoms with Gasteiger partial charge in [0.15, 0.2) is 24.3 Å². The molecule has 43 heavy (non-hydrogen) atoms. The highest BCUT2D eigenvalue weighted by Crippen LogP contribution is 2.70. The number of aliphatic hydroxyl groups is 1. The van der Waals surface area contributed by atoms with Crippen molar-refractivity contribution in [3.63, 3.8) is 0 Å². The first kappa shape index (κ1) is 30.4. The Morgan fingerprint density at radius 1 is 1.21 bits per heavy atom. The number of esters is 1. The third-order valence-electron chi connectivity index (χ3n) is 11.9. The number of hydrogen-bond acceptors (Lipinski definition) is 10. The van der Waals surface area contributed by atoms with Gasteiger partial charge in [0.2, 0.25) is 5.78 Å². The average molecular weight is 602 g/mol. The van der Waals surface area contributed by atoms with E-state index in [-0.39, 0.29) is 29.5 Å². The molecular formula is C32H43NO10. The second-order valence-electron chi connectivity index (χ2n) is 14.1. The molecule has 1 N–H and O–H groups in total. The number of fused-ring (bicyclic) bond motifs is 7. The third-order valence-corrected chi connectivity index (χ3v) is 11.9. The quantitative estimate of drug-likeness (QED) is 0.246. The van der Waals surface area contributed by atoms with E-state index < -0.39 is 70.9 Å². The molecule has 0 radical (unpaired) electrons. The number of aliphatic hydroxyl groups excluding tert-OH is 1. The van der Waals surface area contributed by atoms with E-state index in [1.165, 1.54) is 6.92 Å². The van der Waals surface area contributed by atoms with Gasteiger partial charge in [-0.3, -0.25) is 14.4 Å². The highest BCUT2D eigenvalue weighted by Gasteiger charge is 2.76. The van der Waals surface area contributed by atoms with Crippen molar-refractivity contribution < 1.29 is 43.6 Å². The van der Waals surface area contributed by atoms with Crippen LogP contribution in [0.15, 0.2) is 23.8 Å². The summed E-state index contributed by atoms with van der Waals surface area (Å²) in [6.07, 6.45) is 11.1. The largest absolute Gasteiger partial charge is 0.457 e. The van der Waals surface area contributed by atoms with Gasteiger partial charge in [0.25, 0.3) is 5.09 Å². The summed E-state index contributed by atoms with van der Waals surface area (Å²) in [6.45, 7) is 4.56. The number of rotatable bonds is 8. The molecule has 10 atom stereocenters. The van der Waals surface area contributed by atoms with E-state index in [2.05, 4.69) is 11.8 Å². The zero-order chi connectivity index (χ0) is 30.7. The molecule has 6 rings (SSSR count). The van der Waals surface area contributed by atoms with Crippen molar-refractivity contribution in [1.82, 2.24) is 0 Å². The number of nitrogens with zero attached hydrogens (tertiary/aromatic N) is 1. The Kier molecular flexibility index (Phi) is 7.82. The molecule has 1 aliphatic heterocycles. The molecular weight excluding hydrogens is 558 g/mol. The number of allylic oxidation sites excluding steroid dienone is 4. The summed E-state index contributed by atoms with van der Waals surface area (Å²) in [5.74, 6) is -1.99. The predicted octanol–water partition coefficient (Wildman–Crippen LogP) is 3.89. The van der Waals surface area contributed by atoms with Crippen molar-refractivity contribution in [2.24, 2.45) is 40.4 Å². The van der Waals surface area contributed by atoms with Gasteiger partial charge < -0.3 is 24.2 Å². The van der Waals surface area contributed by atoms with Crippen molar-refractivity contribution >= 4 is 17.5 Å². The van der Waals surface area contributed by atoms with Gasteiger partial charge in [-0.25, -0.2) is 0 Å². The van der Waals surface area contributed by atoms with Crippen LogP contribution in [0.1, 0.15) is 78.6 Å². The zero-order valence-electron chi connectivity index (χ0n) is 25.2. The standard InChI is InChI=1S/C32H43NO10/c1-18(16-41-33(38)39)28(37)40-17-25(36)32-26(42-29(43-32)19-7-5-4-6-8-19)14-23-22-10-9-20-13-21(34)11-12-30(20,2)27(22)24(35)15-31(23,32)3/h11-13,18-19,22-24,26-27,29,35H,4-10,14-17H2,1-3H3/t18?,22?,23?,24-,26?,27?,29?,30-,31-,32+/m0/s1. The Morgan fingerprint density at radius 3 is 2.67 bits per heavy atom. The summed E-state index contributed by atoms with van der Waals surface area (Å²) in [5, 5.41) is 21.5. The lowest BCUT2D eigenvalue weighted by atomic mass is 9.46. The van der Waals surface area contributed by atoms with E-state index in [1.54, 1.807) is 12.2 Å². The molecule has 236 valence electrons. The molecule has 0 aromatic carbocycles. The Bertz CT molecular complexity index is 1240. The van der Waals surface area contributed by atoms with E-state index in [4.69, 9.17) is 14.2 Å². The van der Waals surface area contributed by atoms with Crippen molar-refractivity contribution in [1.29, 1.82) is 0 Å². The van der Waals surface area contributed by atoms with E-state index in [1.807, 2.05) is 13.0 Å². The van der Waals surface area contributed by atoms with Gasteiger partial charge in [-0.05, 0) is 62.5 Å². The summed E-state index contributed by atoms with van der Waals surface area (Å²) in [6, 6.07) is 0. The molecule has 4 saturated carbocycles. The molecule has 11 nitrogen and oxygen atoms in total. The second-order valence-corrected chi connectivity index (χ2v) is 14.1. The molecule has 0 amide bonds. The van der Waals surface area contributed by atoms with Gasteiger partial charge in [-0.1, -0.05) is 51.7 Å². The van der Waals surface area contributed by atoms with Gasteiger partial charge in [0.05, 0.1) is 18.1 Å².